The number of benzene rings is 1. The van der Waals surface area contributed by atoms with Crippen molar-refractivity contribution >= 4 is 21.8 Å². The molecule has 3 heterocycles. The SMILES string of the molecule is Cc1noc(N2CCCCC2)c1-n1cnnc1-c1cccc(Br)c1. The molecule has 0 spiro atoms. The van der Waals surface area contributed by atoms with Gasteiger partial charge in [0.1, 0.15) is 17.7 Å². The molecule has 1 aromatic carbocycles. The smallest absolute Gasteiger partial charge is 0.251 e. The van der Waals surface area contributed by atoms with Gasteiger partial charge in [-0.3, -0.25) is 4.57 Å². The van der Waals surface area contributed by atoms with Gasteiger partial charge in [-0.2, -0.15) is 0 Å². The molecule has 0 radical (unpaired) electrons. The van der Waals surface area contributed by atoms with Crippen LogP contribution in [0, 0.1) is 6.92 Å². The van der Waals surface area contributed by atoms with Gasteiger partial charge in [-0.15, -0.1) is 10.2 Å². The van der Waals surface area contributed by atoms with E-state index in [1.807, 2.05) is 35.8 Å². The first-order valence-electron chi connectivity index (χ1n) is 8.11. The summed E-state index contributed by atoms with van der Waals surface area (Å²) < 4.78 is 8.64. The van der Waals surface area contributed by atoms with E-state index in [-0.39, 0.29) is 0 Å². The van der Waals surface area contributed by atoms with Crippen LogP contribution in [0.5, 0.6) is 0 Å². The predicted octanol–water partition coefficient (Wildman–Crippen LogP) is 3.98. The maximum Gasteiger partial charge on any atom is 0.251 e. The van der Waals surface area contributed by atoms with E-state index >= 15 is 0 Å². The molecule has 2 aromatic heterocycles. The summed E-state index contributed by atoms with van der Waals surface area (Å²) >= 11 is 3.52. The Balaban J connectivity index is 1.81. The second kappa shape index (κ2) is 6.39. The van der Waals surface area contributed by atoms with E-state index in [9.17, 15) is 0 Å². The van der Waals surface area contributed by atoms with Crippen LogP contribution in [0.3, 0.4) is 0 Å². The van der Waals surface area contributed by atoms with Gasteiger partial charge >= 0.3 is 0 Å². The number of hydrogen-bond acceptors (Lipinski definition) is 5. The van der Waals surface area contributed by atoms with E-state index in [4.69, 9.17) is 4.52 Å². The largest absolute Gasteiger partial charge is 0.339 e. The fraction of sp³-hybridized carbons (Fsp3) is 0.353. The van der Waals surface area contributed by atoms with Crippen LogP contribution in [0.15, 0.2) is 39.6 Å². The molecule has 1 saturated heterocycles. The van der Waals surface area contributed by atoms with Gasteiger partial charge in [-0.05, 0) is 38.3 Å². The molecule has 1 fully saturated rings. The summed E-state index contributed by atoms with van der Waals surface area (Å²) in [6.07, 6.45) is 5.36. The van der Waals surface area contributed by atoms with Crippen LogP contribution in [-0.4, -0.2) is 33.0 Å². The molecule has 0 bridgehead atoms. The van der Waals surface area contributed by atoms with Crippen molar-refractivity contribution in [3.8, 4) is 17.1 Å². The van der Waals surface area contributed by atoms with Gasteiger partial charge in [0.15, 0.2) is 5.82 Å². The minimum absolute atomic E-state index is 0.779. The second-order valence-electron chi connectivity index (χ2n) is 6.00. The molecule has 0 N–H and O–H groups in total. The van der Waals surface area contributed by atoms with Crippen molar-refractivity contribution in [1.82, 2.24) is 19.9 Å². The maximum atomic E-state index is 5.66. The highest BCUT2D eigenvalue weighted by Crippen LogP contribution is 2.33. The summed E-state index contributed by atoms with van der Waals surface area (Å²) in [6.45, 7) is 3.95. The fourth-order valence-corrected chi connectivity index (χ4v) is 3.56. The topological polar surface area (TPSA) is 60.0 Å². The molecule has 0 amide bonds. The zero-order chi connectivity index (χ0) is 16.5. The van der Waals surface area contributed by atoms with Crippen LogP contribution in [0.4, 0.5) is 5.88 Å². The molecule has 7 heteroatoms. The molecular weight excluding hydrogens is 370 g/mol. The van der Waals surface area contributed by atoms with Gasteiger partial charge in [0.2, 0.25) is 0 Å². The van der Waals surface area contributed by atoms with Crippen molar-refractivity contribution in [2.75, 3.05) is 18.0 Å². The third-order valence-corrected chi connectivity index (χ3v) is 4.82. The summed E-state index contributed by atoms with van der Waals surface area (Å²) in [5, 5.41) is 12.6. The Morgan fingerprint density at radius 2 is 2.00 bits per heavy atom. The van der Waals surface area contributed by atoms with Crippen LogP contribution < -0.4 is 4.90 Å². The average molecular weight is 388 g/mol. The highest BCUT2D eigenvalue weighted by atomic mass is 79.9. The van der Waals surface area contributed by atoms with Crippen molar-refractivity contribution in [3.05, 3.63) is 40.8 Å². The minimum atomic E-state index is 0.779. The third kappa shape index (κ3) is 2.73. The van der Waals surface area contributed by atoms with Gasteiger partial charge in [0.05, 0.1) is 0 Å². The highest BCUT2D eigenvalue weighted by Gasteiger charge is 2.24. The van der Waals surface area contributed by atoms with Crippen molar-refractivity contribution in [2.24, 2.45) is 0 Å². The van der Waals surface area contributed by atoms with E-state index in [0.717, 1.165) is 46.2 Å². The number of anilines is 1. The lowest BCUT2D eigenvalue weighted by Gasteiger charge is -2.26. The second-order valence-corrected chi connectivity index (χ2v) is 6.92. The number of aromatic nitrogens is 4. The van der Waals surface area contributed by atoms with Crippen molar-refractivity contribution in [3.63, 3.8) is 0 Å². The molecule has 24 heavy (non-hydrogen) atoms. The predicted molar refractivity (Wildman–Crippen MR) is 95.4 cm³/mol. The number of piperidine rings is 1. The fourth-order valence-electron chi connectivity index (χ4n) is 3.16. The van der Waals surface area contributed by atoms with Gasteiger partial charge in [-0.25, -0.2) is 0 Å². The quantitative estimate of drug-likeness (QED) is 0.679. The number of hydrogen-bond donors (Lipinski definition) is 0. The van der Waals surface area contributed by atoms with E-state index in [1.54, 1.807) is 6.33 Å². The Labute approximate surface area is 148 Å². The summed E-state index contributed by atoms with van der Waals surface area (Å²) in [4.78, 5) is 2.27. The zero-order valence-corrected chi connectivity index (χ0v) is 15.0. The summed E-state index contributed by atoms with van der Waals surface area (Å²) in [5.74, 6) is 1.59. The normalized spacial score (nSPS) is 15.0. The first-order valence-corrected chi connectivity index (χ1v) is 8.91. The molecule has 0 atom stereocenters. The first kappa shape index (κ1) is 15.4. The van der Waals surface area contributed by atoms with Crippen LogP contribution in [0.2, 0.25) is 0 Å². The van der Waals surface area contributed by atoms with Gasteiger partial charge in [-0.1, -0.05) is 33.2 Å². The lowest BCUT2D eigenvalue weighted by molar-refractivity contribution is 0.401. The lowest BCUT2D eigenvalue weighted by Crippen LogP contribution is -2.29. The monoisotopic (exact) mass is 387 g/mol. The molecule has 6 nitrogen and oxygen atoms in total. The van der Waals surface area contributed by atoms with E-state index in [2.05, 4.69) is 36.2 Å². The molecule has 124 valence electrons. The maximum absolute atomic E-state index is 5.66. The first-order chi connectivity index (χ1) is 11.7. The number of rotatable bonds is 3. The zero-order valence-electron chi connectivity index (χ0n) is 13.4. The third-order valence-electron chi connectivity index (χ3n) is 4.33. The standard InChI is InChI=1S/C17H18BrN5O/c1-12-15(17(24-21-12)22-8-3-2-4-9-22)23-11-19-20-16(23)13-6-5-7-14(18)10-13/h5-7,10-11H,2-4,8-9H2,1H3. The Hall–Kier alpha value is -2.15. The summed E-state index contributed by atoms with van der Waals surface area (Å²) in [5.41, 5.74) is 2.76. The Morgan fingerprint density at radius 1 is 1.17 bits per heavy atom. The Bertz CT molecular complexity index is 850. The Kier molecular flexibility index (Phi) is 4.10. The van der Waals surface area contributed by atoms with Gasteiger partial charge in [0.25, 0.3) is 5.88 Å². The van der Waals surface area contributed by atoms with Crippen molar-refractivity contribution in [2.45, 2.75) is 26.2 Å². The number of nitrogens with zero attached hydrogens (tertiary/aromatic N) is 5. The lowest BCUT2D eigenvalue weighted by atomic mass is 10.1. The molecule has 4 rings (SSSR count). The molecule has 0 unspecified atom stereocenters. The number of aryl methyl sites for hydroxylation is 1. The molecule has 0 aliphatic carbocycles. The molecule has 1 aliphatic heterocycles. The summed E-state index contributed by atoms with van der Waals surface area (Å²) in [6, 6.07) is 8.04. The number of halogens is 1. The Morgan fingerprint density at radius 3 is 2.79 bits per heavy atom. The van der Waals surface area contributed by atoms with Gasteiger partial charge < -0.3 is 9.42 Å². The molecule has 3 aromatic rings. The van der Waals surface area contributed by atoms with E-state index < -0.39 is 0 Å². The van der Waals surface area contributed by atoms with Crippen LogP contribution in [-0.2, 0) is 0 Å². The van der Waals surface area contributed by atoms with Gasteiger partial charge in [0, 0.05) is 23.1 Å². The highest BCUT2D eigenvalue weighted by molar-refractivity contribution is 9.10. The van der Waals surface area contributed by atoms with Crippen LogP contribution >= 0.6 is 15.9 Å². The summed E-state index contributed by atoms with van der Waals surface area (Å²) in [7, 11) is 0. The molecular formula is C17H18BrN5O. The molecule has 1 aliphatic rings. The van der Waals surface area contributed by atoms with Crippen LogP contribution in [0.25, 0.3) is 17.1 Å². The molecule has 0 saturated carbocycles. The van der Waals surface area contributed by atoms with Crippen LogP contribution in [0.1, 0.15) is 25.0 Å². The minimum Gasteiger partial charge on any atom is -0.339 e. The average Bonchev–Trinajstić information content (AvgIpc) is 3.22. The van der Waals surface area contributed by atoms with E-state index in [0.29, 0.717) is 0 Å². The van der Waals surface area contributed by atoms with E-state index in [1.165, 1.54) is 19.3 Å². The van der Waals surface area contributed by atoms with Crippen molar-refractivity contribution < 1.29 is 4.52 Å². The van der Waals surface area contributed by atoms with Crippen molar-refractivity contribution in [1.29, 1.82) is 0 Å².